The van der Waals surface area contributed by atoms with Gasteiger partial charge in [0.2, 0.25) is 12.7 Å². The van der Waals surface area contributed by atoms with E-state index in [1.54, 1.807) is 30.0 Å². The molecule has 2 N–H and O–H groups in total. The van der Waals surface area contributed by atoms with Crippen LogP contribution in [0.1, 0.15) is 19.8 Å². The first kappa shape index (κ1) is 14.5. The Balaban J connectivity index is 1.54. The van der Waals surface area contributed by atoms with Crippen LogP contribution in [0, 0.1) is 0 Å². The number of amides is 3. The molecule has 3 rings (SSSR count). The van der Waals surface area contributed by atoms with E-state index >= 15 is 0 Å². The molecule has 2 heterocycles. The second kappa shape index (κ2) is 6.13. The number of ether oxygens (including phenoxy) is 2. The average Bonchev–Trinajstić information content (AvgIpc) is 3.17. The second-order valence-corrected chi connectivity index (χ2v) is 5.42. The third-order valence-electron chi connectivity index (χ3n) is 3.77. The average molecular weight is 305 g/mol. The lowest BCUT2D eigenvalue weighted by atomic mass is 10.2. The molecule has 1 saturated heterocycles. The number of likely N-dealkylation sites (tertiary alicyclic amines) is 1. The van der Waals surface area contributed by atoms with Crippen molar-refractivity contribution in [3.05, 3.63) is 18.2 Å². The van der Waals surface area contributed by atoms with Crippen LogP contribution in [-0.2, 0) is 4.79 Å². The predicted molar refractivity (Wildman–Crippen MR) is 80.0 cm³/mol. The summed E-state index contributed by atoms with van der Waals surface area (Å²) >= 11 is 0. The largest absolute Gasteiger partial charge is 0.454 e. The van der Waals surface area contributed by atoms with Crippen LogP contribution < -0.4 is 20.1 Å². The van der Waals surface area contributed by atoms with Crippen LogP contribution in [0.2, 0.25) is 0 Å². The number of carbonyl (C=O) groups excluding carboxylic acids is 2. The van der Waals surface area contributed by atoms with E-state index in [0.29, 0.717) is 17.2 Å². The molecule has 0 unspecified atom stereocenters. The maximum Gasteiger partial charge on any atom is 0.319 e. The Morgan fingerprint density at radius 1 is 1.18 bits per heavy atom. The van der Waals surface area contributed by atoms with Crippen molar-refractivity contribution < 1.29 is 19.1 Å². The van der Waals surface area contributed by atoms with Crippen molar-refractivity contribution in [2.24, 2.45) is 0 Å². The number of benzene rings is 1. The van der Waals surface area contributed by atoms with Gasteiger partial charge in [-0.2, -0.15) is 0 Å². The van der Waals surface area contributed by atoms with Gasteiger partial charge in [-0.15, -0.1) is 0 Å². The third kappa shape index (κ3) is 3.08. The monoisotopic (exact) mass is 305 g/mol. The second-order valence-electron chi connectivity index (χ2n) is 5.42. The van der Waals surface area contributed by atoms with Gasteiger partial charge in [0.1, 0.15) is 6.04 Å². The first-order chi connectivity index (χ1) is 10.6. The summed E-state index contributed by atoms with van der Waals surface area (Å²) in [6, 6.07) is 4.18. The van der Waals surface area contributed by atoms with Crippen LogP contribution in [0.4, 0.5) is 10.5 Å². The summed E-state index contributed by atoms with van der Waals surface area (Å²) in [5.74, 6) is 1.21. The molecule has 118 valence electrons. The van der Waals surface area contributed by atoms with E-state index < -0.39 is 12.1 Å². The Morgan fingerprint density at radius 3 is 2.68 bits per heavy atom. The minimum atomic E-state index is -0.549. The topological polar surface area (TPSA) is 79.9 Å². The van der Waals surface area contributed by atoms with E-state index in [0.717, 1.165) is 25.9 Å². The highest BCUT2D eigenvalue weighted by Gasteiger charge is 2.24. The van der Waals surface area contributed by atoms with E-state index in [1.807, 2.05) is 0 Å². The molecule has 7 nitrogen and oxygen atoms in total. The summed E-state index contributed by atoms with van der Waals surface area (Å²) < 4.78 is 10.5. The lowest BCUT2D eigenvalue weighted by Crippen LogP contribution is -2.47. The molecular weight excluding hydrogens is 286 g/mol. The van der Waals surface area contributed by atoms with Crippen LogP contribution in [0.3, 0.4) is 0 Å². The molecule has 3 amide bonds. The number of fused-ring (bicyclic) bond motifs is 1. The van der Waals surface area contributed by atoms with E-state index in [1.165, 1.54) is 0 Å². The van der Waals surface area contributed by atoms with Crippen LogP contribution in [-0.4, -0.2) is 42.8 Å². The van der Waals surface area contributed by atoms with Crippen molar-refractivity contribution in [1.29, 1.82) is 0 Å². The smallest absolute Gasteiger partial charge is 0.319 e. The molecule has 22 heavy (non-hydrogen) atoms. The van der Waals surface area contributed by atoms with Crippen LogP contribution in [0.25, 0.3) is 0 Å². The molecule has 0 radical (unpaired) electrons. The fourth-order valence-electron chi connectivity index (χ4n) is 2.61. The number of nitrogens with zero attached hydrogens (tertiary/aromatic N) is 1. The van der Waals surface area contributed by atoms with Gasteiger partial charge in [-0.3, -0.25) is 4.79 Å². The van der Waals surface area contributed by atoms with Crippen molar-refractivity contribution >= 4 is 17.6 Å². The van der Waals surface area contributed by atoms with Crippen LogP contribution in [0.5, 0.6) is 11.5 Å². The van der Waals surface area contributed by atoms with Crippen LogP contribution >= 0.6 is 0 Å². The number of carbonyl (C=O) groups is 2. The maximum atomic E-state index is 12.1. The zero-order valence-corrected chi connectivity index (χ0v) is 12.4. The standard InChI is InChI=1S/C15H19N3O4/c1-10(14(19)18-6-2-3-7-18)16-15(20)17-11-4-5-12-13(8-11)22-9-21-12/h4-5,8,10H,2-3,6-7,9H2,1H3,(H2,16,17,20)/t10-/m0/s1. The van der Waals surface area contributed by atoms with Gasteiger partial charge in [-0.25, -0.2) is 4.79 Å². The van der Waals surface area contributed by atoms with Gasteiger partial charge in [0.25, 0.3) is 0 Å². The number of urea groups is 1. The minimum Gasteiger partial charge on any atom is -0.454 e. The lowest BCUT2D eigenvalue weighted by molar-refractivity contribution is -0.131. The molecule has 0 spiro atoms. The summed E-state index contributed by atoms with van der Waals surface area (Å²) in [4.78, 5) is 25.9. The van der Waals surface area contributed by atoms with Crippen molar-refractivity contribution in [2.75, 3.05) is 25.2 Å². The molecule has 2 aliphatic rings. The molecule has 1 atom stereocenters. The molecule has 7 heteroatoms. The number of anilines is 1. The summed E-state index contributed by atoms with van der Waals surface area (Å²) in [5, 5.41) is 5.35. The first-order valence-electron chi connectivity index (χ1n) is 7.39. The highest BCUT2D eigenvalue weighted by molar-refractivity contribution is 5.93. The van der Waals surface area contributed by atoms with Crippen molar-refractivity contribution in [2.45, 2.75) is 25.8 Å². The zero-order valence-electron chi connectivity index (χ0n) is 12.4. The predicted octanol–water partition coefficient (Wildman–Crippen LogP) is 1.55. The maximum absolute atomic E-state index is 12.1. The molecule has 0 bridgehead atoms. The van der Waals surface area contributed by atoms with Gasteiger partial charge in [-0.1, -0.05) is 0 Å². The molecule has 2 aliphatic heterocycles. The number of hydrogen-bond acceptors (Lipinski definition) is 4. The normalized spacial score (nSPS) is 17.2. The fraction of sp³-hybridized carbons (Fsp3) is 0.467. The first-order valence-corrected chi connectivity index (χ1v) is 7.39. The quantitative estimate of drug-likeness (QED) is 0.888. The van der Waals surface area contributed by atoms with Gasteiger partial charge in [-0.05, 0) is 31.9 Å². The Labute approximate surface area is 128 Å². The van der Waals surface area contributed by atoms with Gasteiger partial charge >= 0.3 is 6.03 Å². The van der Waals surface area contributed by atoms with E-state index in [-0.39, 0.29) is 12.7 Å². The highest BCUT2D eigenvalue weighted by atomic mass is 16.7. The fourth-order valence-corrected chi connectivity index (χ4v) is 2.61. The third-order valence-corrected chi connectivity index (χ3v) is 3.77. The Hall–Kier alpha value is -2.44. The van der Waals surface area contributed by atoms with E-state index in [9.17, 15) is 9.59 Å². The zero-order chi connectivity index (χ0) is 15.5. The summed E-state index contributed by atoms with van der Waals surface area (Å²) in [5.41, 5.74) is 0.586. The summed E-state index contributed by atoms with van der Waals surface area (Å²) in [6.07, 6.45) is 2.06. The molecule has 0 aromatic heterocycles. The molecule has 1 aromatic rings. The molecule has 0 aliphatic carbocycles. The van der Waals surface area contributed by atoms with Gasteiger partial charge in [0.05, 0.1) is 0 Å². The lowest BCUT2D eigenvalue weighted by Gasteiger charge is -2.21. The molecule has 0 saturated carbocycles. The van der Waals surface area contributed by atoms with E-state index in [4.69, 9.17) is 9.47 Å². The summed E-state index contributed by atoms with van der Waals surface area (Å²) in [6.45, 7) is 3.43. The summed E-state index contributed by atoms with van der Waals surface area (Å²) in [7, 11) is 0. The SMILES string of the molecule is C[C@H](NC(=O)Nc1ccc2c(c1)OCO2)C(=O)N1CCCC1. The van der Waals surface area contributed by atoms with Crippen molar-refractivity contribution in [1.82, 2.24) is 10.2 Å². The number of rotatable bonds is 3. The minimum absolute atomic E-state index is 0.0432. The number of nitrogens with one attached hydrogen (secondary N) is 2. The van der Waals surface area contributed by atoms with E-state index in [2.05, 4.69) is 10.6 Å². The van der Waals surface area contributed by atoms with Crippen molar-refractivity contribution in [3.8, 4) is 11.5 Å². The van der Waals surface area contributed by atoms with Gasteiger partial charge < -0.3 is 25.0 Å². The molecular formula is C15H19N3O4. The van der Waals surface area contributed by atoms with Gasteiger partial charge in [0, 0.05) is 24.8 Å². The highest BCUT2D eigenvalue weighted by Crippen LogP contribution is 2.34. The Bertz CT molecular complexity index is 584. The Kier molecular flexibility index (Phi) is 4.04. The molecule has 1 aromatic carbocycles. The molecule has 1 fully saturated rings. The Morgan fingerprint density at radius 2 is 1.91 bits per heavy atom. The number of hydrogen-bond donors (Lipinski definition) is 2. The van der Waals surface area contributed by atoms with Crippen LogP contribution in [0.15, 0.2) is 18.2 Å². The van der Waals surface area contributed by atoms with Crippen molar-refractivity contribution in [3.63, 3.8) is 0 Å². The van der Waals surface area contributed by atoms with Gasteiger partial charge in [0.15, 0.2) is 11.5 Å².